The van der Waals surface area contributed by atoms with Crippen LogP contribution in [0.2, 0.25) is 0 Å². The van der Waals surface area contributed by atoms with E-state index >= 15 is 4.39 Å². The predicted octanol–water partition coefficient (Wildman–Crippen LogP) is 3.16. The molecule has 0 bridgehead atoms. The second-order valence-electron chi connectivity index (χ2n) is 33.7. The van der Waals surface area contributed by atoms with Crippen LogP contribution in [0.3, 0.4) is 0 Å². The lowest BCUT2D eigenvalue weighted by atomic mass is 9.81. The number of ether oxygens (including phenoxy) is 4. The number of esters is 1. The van der Waals surface area contributed by atoms with Gasteiger partial charge in [-0.25, -0.2) is 14.2 Å². The molecule has 12 atom stereocenters. The molecule has 35 heteroatoms. The zero-order chi connectivity index (χ0) is 91.0. The molecule has 0 spiro atoms. The maximum atomic E-state index is 15.5. The van der Waals surface area contributed by atoms with E-state index in [9.17, 15) is 77.0 Å². The van der Waals surface area contributed by atoms with Crippen molar-refractivity contribution in [3.63, 3.8) is 0 Å². The van der Waals surface area contributed by atoms with Gasteiger partial charge in [0.05, 0.1) is 91.3 Å². The summed E-state index contributed by atoms with van der Waals surface area (Å²) in [7, 11) is 6.06. The van der Waals surface area contributed by atoms with E-state index in [1.807, 2.05) is 27.7 Å². The molecular formula is C90H117FN14O20. The minimum atomic E-state index is -2.13. The van der Waals surface area contributed by atoms with Crippen LogP contribution < -0.4 is 48.1 Å². The fourth-order valence-electron chi connectivity index (χ4n) is 17.4. The number of cyclic esters (lactones) is 1. The smallest absolute Gasteiger partial charge is 0.342 e. The van der Waals surface area contributed by atoms with Crippen LogP contribution in [0.5, 0.6) is 0 Å². The number of likely N-dealkylation sites (N-methyl/N-ethyl adjacent to an activating group) is 2. The number of fused-ring (bicyclic) bond motifs is 5. The number of halogens is 1. The molecule has 6 heterocycles. The van der Waals surface area contributed by atoms with Gasteiger partial charge in [0.15, 0.2) is 5.60 Å². The molecule has 1 aliphatic carbocycles. The SMILES string of the molecule is CC[C@H](C)[C@@H]([C@@H](CC(=O)N1CCC[C@H]1[C@H](OC)[C@@H](C)C(=O)N[C@@H](Cc1ccccc1)C(=O)NCC(=O)NCC(=O)N[C@H](Cc1ccccc1)C(=O)NCC(=O)NCOCC(=O)NC1CCc2c(C)c(F)cc3nc4c(c1c23)Cn1c-4cc2c(c1=O)COC(=O)[C@]2(C)O)OC)N(C)C(=O)[C@@H](NC(=O)[C@H](C(C)C)N(C)C(=O)CCCCCN1C(=O)C=CC1=O)C(C)C. The summed E-state index contributed by atoms with van der Waals surface area (Å²) < 4.78 is 39.9. The van der Waals surface area contributed by atoms with Gasteiger partial charge in [0.25, 0.3) is 17.4 Å². The van der Waals surface area contributed by atoms with Crippen molar-refractivity contribution >= 4 is 93.7 Å². The van der Waals surface area contributed by atoms with E-state index in [0.29, 0.717) is 108 Å². The number of carbonyl (C=O) groups is 14. The number of aliphatic hydroxyl groups is 1. The summed E-state index contributed by atoms with van der Waals surface area (Å²) in [6, 6.07) is 13.8. The van der Waals surface area contributed by atoms with Crippen molar-refractivity contribution in [2.24, 2.45) is 23.7 Å². The molecule has 5 aromatic rings. The summed E-state index contributed by atoms with van der Waals surface area (Å²) in [5.41, 5.74) is 2.05. The van der Waals surface area contributed by atoms with Crippen LogP contribution in [-0.4, -0.2) is 240 Å². The molecule has 9 N–H and O–H groups in total. The van der Waals surface area contributed by atoms with Crippen molar-refractivity contribution in [2.75, 3.05) is 74.4 Å². The van der Waals surface area contributed by atoms with Gasteiger partial charge in [0, 0.05) is 95.4 Å². The number of nitrogens with zero attached hydrogens (tertiary/aromatic N) is 6. The Labute approximate surface area is 725 Å². The number of aryl methyl sites for hydroxylation is 1. The molecule has 0 radical (unpaired) electrons. The largest absolute Gasteiger partial charge is 0.458 e. The fraction of sp³-hybridized carbons (Fsp3) is 0.533. The normalized spacial score (nSPS) is 18.4. The van der Waals surface area contributed by atoms with E-state index in [4.69, 9.17) is 23.9 Å². The second kappa shape index (κ2) is 42.8. The number of imide groups is 1. The average molecular weight is 1730 g/mol. The number of hydrogen-bond donors (Lipinski definition) is 9. The number of amides is 13. The minimum Gasteiger partial charge on any atom is -0.458 e. The number of rotatable bonds is 42. The topological polar surface area (TPSA) is 440 Å². The lowest BCUT2D eigenvalue weighted by molar-refractivity contribution is -0.169. The average Bonchev–Trinajstić information content (AvgIpc) is 1.58. The van der Waals surface area contributed by atoms with Gasteiger partial charge in [0.2, 0.25) is 65.0 Å². The zero-order valence-electron chi connectivity index (χ0n) is 73.2. The summed E-state index contributed by atoms with van der Waals surface area (Å²) in [5.74, 6) is -10.7. The van der Waals surface area contributed by atoms with Gasteiger partial charge in [-0.3, -0.25) is 72.0 Å². The van der Waals surface area contributed by atoms with Crippen LogP contribution in [0.1, 0.15) is 164 Å². The molecule has 4 aliphatic heterocycles. The van der Waals surface area contributed by atoms with E-state index in [0.717, 1.165) is 4.90 Å². The third kappa shape index (κ3) is 22.7. The fourth-order valence-corrected chi connectivity index (χ4v) is 17.4. The molecule has 34 nitrogen and oxygen atoms in total. The quantitative estimate of drug-likeness (QED) is 0.0115. The highest BCUT2D eigenvalue weighted by molar-refractivity contribution is 6.13. The number of pyridine rings is 2. The molecule has 674 valence electrons. The maximum absolute atomic E-state index is 15.5. The van der Waals surface area contributed by atoms with Crippen LogP contribution in [-0.2, 0) is 124 Å². The van der Waals surface area contributed by atoms with Crippen LogP contribution in [0.4, 0.5) is 4.39 Å². The second-order valence-corrected chi connectivity index (χ2v) is 33.7. The van der Waals surface area contributed by atoms with Gasteiger partial charge in [-0.2, -0.15) is 0 Å². The minimum absolute atomic E-state index is 0.0176. The lowest BCUT2D eigenvalue weighted by Crippen LogP contribution is -2.60. The Balaban J connectivity index is 0.693. The number of hydrogen-bond acceptors (Lipinski definition) is 21. The third-order valence-electron chi connectivity index (χ3n) is 24.5. The number of likely N-dealkylation sites (tertiary alicyclic amines) is 1. The molecule has 125 heavy (non-hydrogen) atoms. The number of unbranched alkanes of at least 4 members (excludes halogenated alkanes) is 2. The molecular weight excluding hydrogens is 1620 g/mol. The number of aromatic nitrogens is 2. The van der Waals surface area contributed by atoms with Crippen molar-refractivity contribution in [2.45, 2.75) is 213 Å². The number of benzene rings is 3. The van der Waals surface area contributed by atoms with Crippen molar-refractivity contribution in [3.8, 4) is 11.4 Å². The summed E-state index contributed by atoms with van der Waals surface area (Å²) in [5, 5.41) is 33.2. The van der Waals surface area contributed by atoms with Gasteiger partial charge >= 0.3 is 5.97 Å². The Morgan fingerprint density at radius 1 is 0.704 bits per heavy atom. The first kappa shape index (κ1) is 95.5. The molecule has 0 saturated carbocycles. The van der Waals surface area contributed by atoms with Gasteiger partial charge in [-0.15, -0.1) is 0 Å². The highest BCUT2D eigenvalue weighted by atomic mass is 19.1. The summed E-state index contributed by atoms with van der Waals surface area (Å²) >= 11 is 0. The molecule has 1 unspecified atom stereocenters. The van der Waals surface area contributed by atoms with Crippen molar-refractivity contribution in [1.82, 2.24) is 71.7 Å². The highest BCUT2D eigenvalue weighted by Crippen LogP contribution is 2.46. The number of methoxy groups -OCH3 is 2. The molecule has 1 saturated heterocycles. The van der Waals surface area contributed by atoms with E-state index in [1.54, 1.807) is 107 Å². The lowest BCUT2D eigenvalue weighted by Gasteiger charge is -2.41. The van der Waals surface area contributed by atoms with Crippen LogP contribution >= 0.6 is 0 Å². The molecule has 5 aliphatic rings. The third-order valence-corrected chi connectivity index (χ3v) is 24.5. The Kier molecular flexibility index (Phi) is 32.7. The first-order valence-corrected chi connectivity index (χ1v) is 42.7. The van der Waals surface area contributed by atoms with Crippen LogP contribution in [0, 0.1) is 36.4 Å². The van der Waals surface area contributed by atoms with Crippen molar-refractivity contribution in [3.05, 3.63) is 146 Å². The Morgan fingerprint density at radius 3 is 1.94 bits per heavy atom. The van der Waals surface area contributed by atoms with Crippen LogP contribution in [0.25, 0.3) is 22.3 Å². The van der Waals surface area contributed by atoms with Crippen molar-refractivity contribution < 1.29 is 95.6 Å². The molecule has 10 rings (SSSR count). The monoisotopic (exact) mass is 1730 g/mol. The maximum Gasteiger partial charge on any atom is 0.342 e. The number of nitrogens with one attached hydrogen (secondary N) is 8. The molecule has 3 aromatic carbocycles. The first-order chi connectivity index (χ1) is 59.5. The molecule has 2 aromatic heterocycles. The van der Waals surface area contributed by atoms with E-state index in [1.165, 1.54) is 59.8 Å². The standard InChI is InChI=1S/C90H117FN14O20/c1-14-51(6)81(102(11)88(119)78(49(2)3)100-86(117)80(50(4)5)101(10)72(110)30-22-17-23-35-104-73(111)33-34-74(104)112)67(122-12)41-75(113)103-36-24-29-65(103)82(123-13)53(8)83(114)99-64(38-55-27-20-16-21-28-55)85(116)93-42-68(106)92-44-70(108)97-63(37-54-25-18-15-19-26-54)84(115)94-43-69(107)95-48-124-47-71(109)96-61-32-31-56-52(7)60(91)40-62-76(56)77(61)57-45-105-66(79(57)98-62)39-59-58(87(105)118)46-125-89(120)90(59,9)121/h15-16,18-21,25-28,33-34,39-40,49-51,53,61,63-65,67,78,80-82,121H,14,17,22-24,29-32,35-38,41-48H2,1-13H3,(H,92,106)(H,93,116)(H,94,115)(H,95,107)(H,96,109)(H,97,108)(H,99,114)(H,100,117)/t51-,53+,61?,63+,64-,65-,67+,78-,80-,81-,82+,90+/m0/s1. The zero-order valence-corrected chi connectivity index (χ0v) is 73.2. The predicted molar refractivity (Wildman–Crippen MR) is 455 cm³/mol. The van der Waals surface area contributed by atoms with Gasteiger partial charge in [0.1, 0.15) is 49.9 Å². The van der Waals surface area contributed by atoms with Gasteiger partial charge < -0.3 is 85.9 Å². The molecule has 13 amide bonds. The highest BCUT2D eigenvalue weighted by Gasteiger charge is 2.47. The summed E-state index contributed by atoms with van der Waals surface area (Å²) in [4.78, 5) is 215. The first-order valence-electron chi connectivity index (χ1n) is 42.7. The van der Waals surface area contributed by atoms with E-state index < -0.39 is 175 Å². The Morgan fingerprint density at radius 2 is 1.33 bits per heavy atom. The Bertz CT molecular complexity index is 4960. The molecule has 1 fully saturated rings. The Hall–Kier alpha value is -11.7. The van der Waals surface area contributed by atoms with Crippen LogP contribution in [0.15, 0.2) is 89.7 Å². The van der Waals surface area contributed by atoms with Gasteiger partial charge in [-0.1, -0.05) is 122 Å². The number of carbonyl (C=O) groups excluding carboxylic acids is 14. The van der Waals surface area contributed by atoms with E-state index in [2.05, 4.69) is 42.5 Å². The summed E-state index contributed by atoms with van der Waals surface area (Å²) in [6.07, 6.45) is 4.39. The van der Waals surface area contributed by atoms with Gasteiger partial charge in [-0.05, 0) is 104 Å². The van der Waals surface area contributed by atoms with E-state index in [-0.39, 0.29) is 97.5 Å². The summed E-state index contributed by atoms with van der Waals surface area (Å²) in [6.45, 7) is 12.9. The van der Waals surface area contributed by atoms with Crippen molar-refractivity contribution in [1.29, 1.82) is 0 Å².